The summed E-state index contributed by atoms with van der Waals surface area (Å²) >= 11 is 0. The summed E-state index contributed by atoms with van der Waals surface area (Å²) < 4.78 is 5.77. The van der Waals surface area contributed by atoms with Crippen LogP contribution in [0.4, 0.5) is 5.69 Å². The standard InChI is InChI=1S/C24H32N2O3/c1-7-26(8-2)23(28)18-9-13-20(14-10-18)25-22(27)17(3)29-21-15-11-19(12-16-21)24(4,5)6/h9-17H,7-8H2,1-6H3,(H,25,27). The fraction of sp³-hybridized carbons (Fsp3) is 0.417. The molecule has 2 amide bonds. The second kappa shape index (κ2) is 9.59. The second-order valence-corrected chi connectivity index (χ2v) is 8.08. The summed E-state index contributed by atoms with van der Waals surface area (Å²) in [4.78, 5) is 26.6. The molecule has 0 aromatic heterocycles. The van der Waals surface area contributed by atoms with Crippen LogP contribution < -0.4 is 10.1 Å². The molecule has 1 N–H and O–H groups in total. The van der Waals surface area contributed by atoms with Crippen molar-refractivity contribution in [3.8, 4) is 5.75 Å². The molecule has 0 radical (unpaired) electrons. The van der Waals surface area contributed by atoms with Gasteiger partial charge in [-0.25, -0.2) is 0 Å². The van der Waals surface area contributed by atoms with Crippen LogP contribution in [-0.4, -0.2) is 35.9 Å². The van der Waals surface area contributed by atoms with Crippen LogP contribution in [0.5, 0.6) is 5.75 Å². The zero-order chi connectivity index (χ0) is 21.6. The lowest BCUT2D eigenvalue weighted by molar-refractivity contribution is -0.122. The number of nitrogens with one attached hydrogen (secondary N) is 1. The van der Waals surface area contributed by atoms with Gasteiger partial charge in [0, 0.05) is 24.3 Å². The Morgan fingerprint density at radius 1 is 0.966 bits per heavy atom. The van der Waals surface area contributed by atoms with Crippen molar-refractivity contribution in [2.75, 3.05) is 18.4 Å². The van der Waals surface area contributed by atoms with E-state index < -0.39 is 6.10 Å². The first kappa shape index (κ1) is 22.5. The molecule has 0 saturated carbocycles. The van der Waals surface area contributed by atoms with Crippen molar-refractivity contribution in [3.05, 3.63) is 59.7 Å². The second-order valence-electron chi connectivity index (χ2n) is 8.08. The van der Waals surface area contributed by atoms with Gasteiger partial charge in [0.2, 0.25) is 0 Å². The number of anilines is 1. The van der Waals surface area contributed by atoms with Crippen LogP contribution >= 0.6 is 0 Å². The van der Waals surface area contributed by atoms with E-state index in [9.17, 15) is 9.59 Å². The quantitative estimate of drug-likeness (QED) is 0.726. The number of benzene rings is 2. The first-order chi connectivity index (χ1) is 13.7. The lowest BCUT2D eigenvalue weighted by Crippen LogP contribution is -2.31. The van der Waals surface area contributed by atoms with Gasteiger partial charge >= 0.3 is 0 Å². The zero-order valence-corrected chi connectivity index (χ0v) is 18.3. The van der Waals surface area contributed by atoms with E-state index in [0.29, 0.717) is 30.1 Å². The lowest BCUT2D eigenvalue weighted by atomic mass is 9.87. The molecule has 0 fully saturated rings. The number of amides is 2. The van der Waals surface area contributed by atoms with E-state index in [1.165, 1.54) is 5.56 Å². The van der Waals surface area contributed by atoms with E-state index in [2.05, 4.69) is 26.1 Å². The summed E-state index contributed by atoms with van der Waals surface area (Å²) in [6, 6.07) is 14.7. The number of carbonyl (C=O) groups excluding carboxylic acids is 2. The molecular formula is C24H32N2O3. The molecule has 2 rings (SSSR count). The number of hydrogen-bond acceptors (Lipinski definition) is 3. The maximum atomic E-state index is 12.5. The van der Waals surface area contributed by atoms with Crippen molar-refractivity contribution < 1.29 is 14.3 Å². The number of carbonyl (C=O) groups is 2. The van der Waals surface area contributed by atoms with Gasteiger partial charge in [0.05, 0.1) is 0 Å². The molecule has 5 nitrogen and oxygen atoms in total. The van der Waals surface area contributed by atoms with Gasteiger partial charge < -0.3 is 15.0 Å². The predicted molar refractivity (Wildman–Crippen MR) is 118 cm³/mol. The molecule has 0 aliphatic carbocycles. The Bertz CT molecular complexity index is 817. The molecule has 1 atom stereocenters. The van der Waals surface area contributed by atoms with Gasteiger partial charge in [-0.1, -0.05) is 32.9 Å². The minimum Gasteiger partial charge on any atom is -0.481 e. The van der Waals surface area contributed by atoms with Crippen molar-refractivity contribution in [3.63, 3.8) is 0 Å². The Balaban J connectivity index is 1.96. The van der Waals surface area contributed by atoms with Crippen LogP contribution in [0.2, 0.25) is 0 Å². The van der Waals surface area contributed by atoms with Crippen LogP contribution in [0.1, 0.15) is 57.5 Å². The Hall–Kier alpha value is -2.82. The van der Waals surface area contributed by atoms with Crippen molar-refractivity contribution >= 4 is 17.5 Å². The summed E-state index contributed by atoms with van der Waals surface area (Å²) in [6.07, 6.45) is -0.646. The largest absolute Gasteiger partial charge is 0.481 e. The minimum absolute atomic E-state index is 0.0109. The van der Waals surface area contributed by atoms with E-state index in [0.717, 1.165) is 0 Å². The number of ether oxygens (including phenoxy) is 1. The predicted octanol–water partition coefficient (Wildman–Crippen LogP) is 4.87. The van der Waals surface area contributed by atoms with Crippen LogP contribution in [0.25, 0.3) is 0 Å². The highest BCUT2D eigenvalue weighted by Crippen LogP contribution is 2.24. The Morgan fingerprint density at radius 2 is 1.52 bits per heavy atom. The average Bonchev–Trinajstić information content (AvgIpc) is 2.69. The molecule has 0 spiro atoms. The smallest absolute Gasteiger partial charge is 0.265 e. The van der Waals surface area contributed by atoms with Gasteiger partial charge in [-0.05, 0) is 68.1 Å². The van der Waals surface area contributed by atoms with Crippen LogP contribution in [0, 0.1) is 0 Å². The fourth-order valence-corrected chi connectivity index (χ4v) is 2.92. The van der Waals surface area contributed by atoms with E-state index in [4.69, 9.17) is 4.74 Å². The molecule has 0 heterocycles. The molecular weight excluding hydrogens is 364 g/mol. The van der Waals surface area contributed by atoms with Crippen molar-refractivity contribution in [1.29, 1.82) is 0 Å². The molecule has 5 heteroatoms. The van der Waals surface area contributed by atoms with E-state index in [1.54, 1.807) is 36.1 Å². The van der Waals surface area contributed by atoms with Crippen LogP contribution in [-0.2, 0) is 10.2 Å². The minimum atomic E-state index is -0.646. The lowest BCUT2D eigenvalue weighted by Gasteiger charge is -2.20. The maximum absolute atomic E-state index is 12.5. The van der Waals surface area contributed by atoms with Crippen molar-refractivity contribution in [2.45, 2.75) is 53.1 Å². The normalized spacial score (nSPS) is 12.2. The summed E-state index contributed by atoms with van der Waals surface area (Å²) in [5, 5.41) is 2.83. The van der Waals surface area contributed by atoms with Gasteiger partial charge in [0.25, 0.3) is 11.8 Å². The zero-order valence-electron chi connectivity index (χ0n) is 18.3. The van der Waals surface area contributed by atoms with Crippen LogP contribution in [0.3, 0.4) is 0 Å². The SMILES string of the molecule is CCN(CC)C(=O)c1ccc(NC(=O)C(C)Oc2ccc(C(C)(C)C)cc2)cc1. The fourth-order valence-electron chi connectivity index (χ4n) is 2.92. The highest BCUT2D eigenvalue weighted by molar-refractivity contribution is 5.96. The average molecular weight is 397 g/mol. The molecule has 0 aliphatic rings. The Kier molecular flexibility index (Phi) is 7.43. The summed E-state index contributed by atoms with van der Waals surface area (Å²) in [6.45, 7) is 13.4. The first-order valence-electron chi connectivity index (χ1n) is 10.1. The summed E-state index contributed by atoms with van der Waals surface area (Å²) in [5.41, 5.74) is 2.52. The highest BCUT2D eigenvalue weighted by atomic mass is 16.5. The van der Waals surface area contributed by atoms with Gasteiger partial charge in [-0.15, -0.1) is 0 Å². The molecule has 0 bridgehead atoms. The van der Waals surface area contributed by atoms with Gasteiger partial charge in [-0.3, -0.25) is 9.59 Å². The van der Waals surface area contributed by atoms with E-state index in [1.807, 2.05) is 38.1 Å². The molecule has 0 aliphatic heterocycles. The topological polar surface area (TPSA) is 58.6 Å². The Morgan fingerprint density at radius 3 is 2.00 bits per heavy atom. The molecule has 0 saturated heterocycles. The molecule has 2 aromatic rings. The summed E-state index contributed by atoms with van der Waals surface area (Å²) in [7, 11) is 0. The third-order valence-corrected chi connectivity index (χ3v) is 4.85. The third-order valence-electron chi connectivity index (χ3n) is 4.85. The van der Waals surface area contributed by atoms with E-state index in [-0.39, 0.29) is 17.2 Å². The monoisotopic (exact) mass is 396 g/mol. The maximum Gasteiger partial charge on any atom is 0.265 e. The van der Waals surface area contributed by atoms with Crippen LogP contribution in [0.15, 0.2) is 48.5 Å². The third kappa shape index (κ3) is 6.08. The Labute approximate surface area is 174 Å². The van der Waals surface area contributed by atoms with Gasteiger partial charge in [0.1, 0.15) is 5.75 Å². The highest BCUT2D eigenvalue weighted by Gasteiger charge is 2.17. The summed E-state index contributed by atoms with van der Waals surface area (Å²) in [5.74, 6) is 0.400. The molecule has 2 aromatic carbocycles. The molecule has 1 unspecified atom stereocenters. The van der Waals surface area contributed by atoms with E-state index >= 15 is 0 Å². The number of rotatable bonds is 7. The number of hydrogen-bond donors (Lipinski definition) is 1. The van der Waals surface area contributed by atoms with Crippen molar-refractivity contribution in [2.24, 2.45) is 0 Å². The van der Waals surface area contributed by atoms with Crippen molar-refractivity contribution in [1.82, 2.24) is 4.90 Å². The van der Waals surface area contributed by atoms with Gasteiger partial charge in [0.15, 0.2) is 6.10 Å². The number of nitrogens with zero attached hydrogens (tertiary/aromatic N) is 1. The molecule has 29 heavy (non-hydrogen) atoms. The van der Waals surface area contributed by atoms with Gasteiger partial charge in [-0.2, -0.15) is 0 Å². The molecule has 156 valence electrons. The first-order valence-corrected chi connectivity index (χ1v) is 10.1.